The standard InChI is InChI=1S/C13H27NO/c1-6-8-10-14-11-12(3,4)15-13(14,5)9-7-2/h6-11H2,1-5H3. The molecule has 0 aromatic heterocycles. The number of rotatable bonds is 5. The summed E-state index contributed by atoms with van der Waals surface area (Å²) in [5.41, 5.74) is 0.00504. The van der Waals surface area contributed by atoms with Gasteiger partial charge in [-0.25, -0.2) is 0 Å². The maximum Gasteiger partial charge on any atom is 0.119 e. The average molecular weight is 213 g/mol. The zero-order valence-electron chi connectivity index (χ0n) is 11.1. The Morgan fingerprint density at radius 1 is 1.13 bits per heavy atom. The summed E-state index contributed by atoms with van der Waals surface area (Å²) in [6, 6.07) is 0. The molecule has 1 saturated heterocycles. The van der Waals surface area contributed by atoms with Crippen molar-refractivity contribution in [2.24, 2.45) is 0 Å². The van der Waals surface area contributed by atoms with E-state index < -0.39 is 0 Å². The van der Waals surface area contributed by atoms with Crippen molar-refractivity contribution in [1.82, 2.24) is 4.90 Å². The topological polar surface area (TPSA) is 12.5 Å². The Kier molecular flexibility index (Phi) is 4.19. The van der Waals surface area contributed by atoms with Gasteiger partial charge in [0.25, 0.3) is 0 Å². The smallest absolute Gasteiger partial charge is 0.119 e. The lowest BCUT2D eigenvalue weighted by Gasteiger charge is -2.33. The summed E-state index contributed by atoms with van der Waals surface area (Å²) >= 11 is 0. The van der Waals surface area contributed by atoms with E-state index in [1.54, 1.807) is 0 Å². The Balaban J connectivity index is 2.65. The zero-order chi connectivity index (χ0) is 11.5. The van der Waals surface area contributed by atoms with E-state index in [9.17, 15) is 0 Å². The number of hydrogen-bond donors (Lipinski definition) is 0. The molecule has 2 heteroatoms. The first-order chi connectivity index (χ1) is 6.93. The van der Waals surface area contributed by atoms with Gasteiger partial charge in [-0.1, -0.05) is 26.7 Å². The van der Waals surface area contributed by atoms with Crippen molar-refractivity contribution in [1.29, 1.82) is 0 Å². The van der Waals surface area contributed by atoms with Crippen LogP contribution in [0, 0.1) is 0 Å². The first-order valence-electron chi connectivity index (χ1n) is 6.39. The van der Waals surface area contributed by atoms with Crippen LogP contribution in [0.3, 0.4) is 0 Å². The summed E-state index contributed by atoms with van der Waals surface area (Å²) in [5.74, 6) is 0. The highest BCUT2D eigenvalue weighted by molar-refractivity contribution is 4.92. The van der Waals surface area contributed by atoms with Gasteiger partial charge in [0.1, 0.15) is 5.72 Å². The summed E-state index contributed by atoms with van der Waals surface area (Å²) in [6.45, 7) is 13.4. The third kappa shape index (κ3) is 3.18. The molecule has 0 aromatic rings. The molecule has 0 N–H and O–H groups in total. The van der Waals surface area contributed by atoms with Gasteiger partial charge in [-0.15, -0.1) is 0 Å². The van der Waals surface area contributed by atoms with Crippen LogP contribution in [0.5, 0.6) is 0 Å². The molecule has 1 unspecified atom stereocenters. The highest BCUT2D eigenvalue weighted by Crippen LogP contribution is 2.36. The van der Waals surface area contributed by atoms with Crippen LogP contribution in [0.2, 0.25) is 0 Å². The Hall–Kier alpha value is -0.0800. The second-order valence-electron chi connectivity index (χ2n) is 5.56. The Morgan fingerprint density at radius 3 is 2.33 bits per heavy atom. The van der Waals surface area contributed by atoms with Crippen LogP contribution in [0.1, 0.15) is 60.3 Å². The van der Waals surface area contributed by atoms with Gasteiger partial charge in [-0.3, -0.25) is 4.90 Å². The van der Waals surface area contributed by atoms with Gasteiger partial charge < -0.3 is 4.74 Å². The molecule has 0 radical (unpaired) electrons. The molecule has 90 valence electrons. The van der Waals surface area contributed by atoms with Crippen LogP contribution in [0.15, 0.2) is 0 Å². The number of hydrogen-bond acceptors (Lipinski definition) is 2. The minimum atomic E-state index is -0.0204. The quantitative estimate of drug-likeness (QED) is 0.694. The molecule has 1 fully saturated rings. The fraction of sp³-hybridized carbons (Fsp3) is 1.00. The molecule has 1 aliphatic heterocycles. The molecule has 0 spiro atoms. The molecule has 15 heavy (non-hydrogen) atoms. The molecule has 0 amide bonds. The van der Waals surface area contributed by atoms with E-state index in [1.807, 2.05) is 0 Å². The van der Waals surface area contributed by atoms with E-state index in [4.69, 9.17) is 4.74 Å². The summed E-state index contributed by atoms with van der Waals surface area (Å²) in [7, 11) is 0. The lowest BCUT2D eigenvalue weighted by molar-refractivity contribution is -0.122. The lowest BCUT2D eigenvalue weighted by Crippen LogP contribution is -2.42. The van der Waals surface area contributed by atoms with Crippen LogP contribution in [0.4, 0.5) is 0 Å². The summed E-state index contributed by atoms with van der Waals surface area (Å²) in [5, 5.41) is 0. The van der Waals surface area contributed by atoms with Gasteiger partial charge in [0, 0.05) is 13.1 Å². The Bertz CT molecular complexity index is 203. The van der Waals surface area contributed by atoms with E-state index in [1.165, 1.54) is 25.8 Å². The van der Waals surface area contributed by atoms with Crippen LogP contribution in [0.25, 0.3) is 0 Å². The predicted molar refractivity (Wildman–Crippen MR) is 65.0 cm³/mol. The third-order valence-electron chi connectivity index (χ3n) is 3.23. The van der Waals surface area contributed by atoms with Crippen molar-refractivity contribution < 1.29 is 4.74 Å². The number of nitrogens with zero attached hydrogens (tertiary/aromatic N) is 1. The molecule has 0 bridgehead atoms. The van der Waals surface area contributed by atoms with Gasteiger partial charge in [0.05, 0.1) is 5.60 Å². The molecular weight excluding hydrogens is 186 g/mol. The van der Waals surface area contributed by atoms with Crippen molar-refractivity contribution in [3.63, 3.8) is 0 Å². The first kappa shape index (κ1) is 13.0. The SMILES string of the molecule is CCCCN1CC(C)(C)OC1(C)CCC. The summed E-state index contributed by atoms with van der Waals surface area (Å²) < 4.78 is 6.21. The van der Waals surface area contributed by atoms with Gasteiger partial charge in [-0.2, -0.15) is 0 Å². The monoisotopic (exact) mass is 213 g/mol. The molecule has 2 nitrogen and oxygen atoms in total. The normalized spacial score (nSPS) is 31.0. The van der Waals surface area contributed by atoms with Crippen molar-refractivity contribution in [2.75, 3.05) is 13.1 Å². The molecule has 1 aliphatic rings. The van der Waals surface area contributed by atoms with Crippen molar-refractivity contribution in [3.05, 3.63) is 0 Å². The molecule has 0 aliphatic carbocycles. The Labute approximate surface area is 95.0 Å². The molecular formula is C13H27NO. The van der Waals surface area contributed by atoms with Crippen LogP contribution >= 0.6 is 0 Å². The summed E-state index contributed by atoms with van der Waals surface area (Å²) in [4.78, 5) is 2.53. The fourth-order valence-corrected chi connectivity index (χ4v) is 2.66. The second kappa shape index (κ2) is 4.84. The van der Waals surface area contributed by atoms with E-state index in [-0.39, 0.29) is 11.3 Å². The second-order valence-corrected chi connectivity index (χ2v) is 5.56. The first-order valence-corrected chi connectivity index (χ1v) is 6.39. The van der Waals surface area contributed by atoms with Crippen molar-refractivity contribution in [2.45, 2.75) is 71.6 Å². The van der Waals surface area contributed by atoms with E-state index in [2.05, 4.69) is 39.5 Å². The van der Waals surface area contributed by atoms with E-state index in [0.29, 0.717) is 0 Å². The molecule has 0 saturated carbocycles. The number of unbranched alkanes of at least 4 members (excludes halogenated alkanes) is 1. The molecule has 1 rings (SSSR count). The minimum absolute atomic E-state index is 0.0204. The average Bonchev–Trinajstić information content (AvgIpc) is 2.33. The predicted octanol–water partition coefficient (Wildman–Crippen LogP) is 3.41. The lowest BCUT2D eigenvalue weighted by atomic mass is 10.1. The van der Waals surface area contributed by atoms with Gasteiger partial charge in [-0.05, 0) is 33.6 Å². The van der Waals surface area contributed by atoms with Gasteiger partial charge in [0.2, 0.25) is 0 Å². The number of ether oxygens (including phenoxy) is 1. The maximum absolute atomic E-state index is 6.21. The van der Waals surface area contributed by atoms with Crippen LogP contribution in [-0.2, 0) is 4.74 Å². The Morgan fingerprint density at radius 2 is 1.80 bits per heavy atom. The largest absolute Gasteiger partial charge is 0.354 e. The third-order valence-corrected chi connectivity index (χ3v) is 3.23. The van der Waals surface area contributed by atoms with E-state index >= 15 is 0 Å². The zero-order valence-corrected chi connectivity index (χ0v) is 11.1. The highest BCUT2D eigenvalue weighted by atomic mass is 16.6. The van der Waals surface area contributed by atoms with E-state index in [0.717, 1.165) is 13.0 Å². The molecule has 0 aromatic carbocycles. The van der Waals surface area contributed by atoms with Crippen LogP contribution < -0.4 is 0 Å². The molecule has 1 atom stereocenters. The molecule has 1 heterocycles. The van der Waals surface area contributed by atoms with Crippen LogP contribution in [-0.4, -0.2) is 29.3 Å². The minimum Gasteiger partial charge on any atom is -0.354 e. The van der Waals surface area contributed by atoms with Crippen molar-refractivity contribution in [3.8, 4) is 0 Å². The van der Waals surface area contributed by atoms with Gasteiger partial charge in [0.15, 0.2) is 0 Å². The highest BCUT2D eigenvalue weighted by Gasteiger charge is 2.45. The van der Waals surface area contributed by atoms with Crippen molar-refractivity contribution >= 4 is 0 Å². The summed E-state index contributed by atoms with van der Waals surface area (Å²) in [6.07, 6.45) is 4.87. The fourth-order valence-electron chi connectivity index (χ4n) is 2.66. The van der Waals surface area contributed by atoms with Gasteiger partial charge >= 0.3 is 0 Å². The maximum atomic E-state index is 6.21.